The molecule has 4 nitrogen and oxygen atoms in total. The maximum Gasteiger partial charge on any atom is 0.120 e. The number of fused-ring (bicyclic) bond motifs is 1. The lowest BCUT2D eigenvalue weighted by molar-refractivity contribution is 0.413. The first-order valence-corrected chi connectivity index (χ1v) is 7.95. The van der Waals surface area contributed by atoms with E-state index in [9.17, 15) is 5.26 Å². The molecule has 1 unspecified atom stereocenters. The Morgan fingerprint density at radius 3 is 2.52 bits per heavy atom. The molecular formula is C18H16N2O2S. The van der Waals surface area contributed by atoms with Crippen LogP contribution in [0.4, 0.5) is 0 Å². The number of nitriles is 1. The second-order valence-electron chi connectivity index (χ2n) is 5.03. The van der Waals surface area contributed by atoms with Gasteiger partial charge in [-0.3, -0.25) is 0 Å². The molecule has 0 aromatic heterocycles. The van der Waals surface area contributed by atoms with Crippen molar-refractivity contribution in [3.8, 4) is 17.6 Å². The van der Waals surface area contributed by atoms with Gasteiger partial charge in [-0.05, 0) is 41.5 Å². The molecule has 5 heteroatoms. The van der Waals surface area contributed by atoms with Gasteiger partial charge in [-0.2, -0.15) is 5.26 Å². The zero-order valence-electron chi connectivity index (χ0n) is 12.9. The molecule has 1 heterocycles. The molecule has 2 aromatic carbocycles. The van der Waals surface area contributed by atoms with Gasteiger partial charge in [0.25, 0.3) is 0 Å². The van der Waals surface area contributed by atoms with Gasteiger partial charge in [-0.25, -0.2) is 0 Å². The van der Waals surface area contributed by atoms with Crippen LogP contribution in [0, 0.1) is 11.3 Å². The highest BCUT2D eigenvalue weighted by molar-refractivity contribution is 8.00. The maximum absolute atomic E-state index is 9.59. The average Bonchev–Trinajstić information content (AvgIpc) is 2.59. The lowest BCUT2D eigenvalue weighted by Crippen LogP contribution is -2.22. The number of ether oxygens (including phenoxy) is 2. The van der Waals surface area contributed by atoms with Crippen LogP contribution in [0.15, 0.2) is 52.9 Å². The largest absolute Gasteiger partial charge is 0.497 e. The van der Waals surface area contributed by atoms with Gasteiger partial charge < -0.3 is 15.2 Å². The SMILES string of the molecule is COc1cccc(C2=C(C#N)C(N)Sc3cc(OC)ccc32)c1. The number of nitrogens with two attached hydrogens (primary N) is 1. The summed E-state index contributed by atoms with van der Waals surface area (Å²) in [6, 6.07) is 15.8. The van der Waals surface area contributed by atoms with Crippen LogP contribution in [0.2, 0.25) is 0 Å². The van der Waals surface area contributed by atoms with E-state index in [0.717, 1.165) is 33.1 Å². The number of benzene rings is 2. The van der Waals surface area contributed by atoms with E-state index in [1.165, 1.54) is 11.8 Å². The van der Waals surface area contributed by atoms with Gasteiger partial charge in [-0.1, -0.05) is 12.1 Å². The number of hydrogen-bond acceptors (Lipinski definition) is 5. The van der Waals surface area contributed by atoms with Crippen LogP contribution in [0.5, 0.6) is 11.5 Å². The lowest BCUT2D eigenvalue weighted by atomic mass is 9.92. The molecule has 0 spiro atoms. The zero-order chi connectivity index (χ0) is 16.4. The fourth-order valence-electron chi connectivity index (χ4n) is 2.63. The van der Waals surface area contributed by atoms with Gasteiger partial charge in [0.05, 0.1) is 31.2 Å². The molecule has 0 radical (unpaired) electrons. The molecule has 0 bridgehead atoms. The van der Waals surface area contributed by atoms with Crippen LogP contribution in [0.3, 0.4) is 0 Å². The Labute approximate surface area is 139 Å². The van der Waals surface area contributed by atoms with Crippen molar-refractivity contribution in [3.63, 3.8) is 0 Å². The smallest absolute Gasteiger partial charge is 0.120 e. The summed E-state index contributed by atoms with van der Waals surface area (Å²) in [7, 11) is 3.26. The van der Waals surface area contributed by atoms with E-state index in [2.05, 4.69) is 6.07 Å². The Bertz CT molecular complexity index is 824. The molecular weight excluding hydrogens is 308 g/mol. The Kier molecular flexibility index (Phi) is 4.28. The third-order valence-corrected chi connectivity index (χ3v) is 4.83. The summed E-state index contributed by atoms with van der Waals surface area (Å²) in [6.45, 7) is 0. The molecule has 1 aliphatic rings. The van der Waals surface area contributed by atoms with Crippen molar-refractivity contribution >= 4 is 17.3 Å². The summed E-state index contributed by atoms with van der Waals surface area (Å²) in [4.78, 5) is 1.01. The fraction of sp³-hybridized carbons (Fsp3) is 0.167. The van der Waals surface area contributed by atoms with Crippen molar-refractivity contribution in [2.45, 2.75) is 10.3 Å². The standard InChI is InChI=1S/C18H16N2O2S/c1-21-12-5-3-4-11(8-12)17-14-7-6-13(22-2)9-16(14)23-18(20)15(17)10-19/h3-9,18H,20H2,1-2H3. The molecule has 1 atom stereocenters. The zero-order valence-corrected chi connectivity index (χ0v) is 13.7. The van der Waals surface area contributed by atoms with Gasteiger partial charge in [0.2, 0.25) is 0 Å². The molecule has 2 N–H and O–H groups in total. The van der Waals surface area contributed by atoms with Crippen LogP contribution in [0.25, 0.3) is 5.57 Å². The number of thioether (sulfide) groups is 1. The number of hydrogen-bond donors (Lipinski definition) is 1. The molecule has 3 rings (SSSR count). The average molecular weight is 324 g/mol. The Morgan fingerprint density at radius 1 is 1.09 bits per heavy atom. The van der Waals surface area contributed by atoms with Crippen molar-refractivity contribution < 1.29 is 9.47 Å². The Balaban J connectivity index is 2.24. The summed E-state index contributed by atoms with van der Waals surface area (Å²) in [6.07, 6.45) is 0. The number of rotatable bonds is 3. The van der Waals surface area contributed by atoms with E-state index < -0.39 is 5.37 Å². The molecule has 0 amide bonds. The fourth-order valence-corrected chi connectivity index (χ4v) is 3.67. The highest BCUT2D eigenvalue weighted by Gasteiger charge is 2.27. The number of nitrogens with zero attached hydrogens (tertiary/aromatic N) is 1. The van der Waals surface area contributed by atoms with E-state index in [4.69, 9.17) is 15.2 Å². The molecule has 0 saturated carbocycles. The van der Waals surface area contributed by atoms with Crippen molar-refractivity contribution in [3.05, 3.63) is 59.2 Å². The lowest BCUT2D eigenvalue weighted by Gasteiger charge is -2.25. The van der Waals surface area contributed by atoms with Gasteiger partial charge in [0.15, 0.2) is 0 Å². The van der Waals surface area contributed by atoms with E-state index in [1.807, 2.05) is 42.5 Å². The van der Waals surface area contributed by atoms with Crippen molar-refractivity contribution in [1.82, 2.24) is 0 Å². The highest BCUT2D eigenvalue weighted by Crippen LogP contribution is 2.44. The van der Waals surface area contributed by atoms with Crippen LogP contribution >= 0.6 is 11.8 Å². The summed E-state index contributed by atoms with van der Waals surface area (Å²) in [5.41, 5.74) is 9.54. The normalized spacial score (nSPS) is 16.5. The second kappa shape index (κ2) is 6.37. The third kappa shape index (κ3) is 2.79. The van der Waals surface area contributed by atoms with Crippen molar-refractivity contribution in [2.24, 2.45) is 5.73 Å². The topological polar surface area (TPSA) is 68.3 Å². The minimum atomic E-state index is -0.402. The van der Waals surface area contributed by atoms with E-state index >= 15 is 0 Å². The first kappa shape index (κ1) is 15.5. The molecule has 0 aliphatic carbocycles. The Hall–Kier alpha value is -2.42. The quantitative estimate of drug-likeness (QED) is 0.937. The van der Waals surface area contributed by atoms with Gasteiger partial charge in [-0.15, -0.1) is 11.8 Å². The first-order valence-electron chi connectivity index (χ1n) is 7.07. The summed E-state index contributed by atoms with van der Waals surface area (Å²) in [5.74, 6) is 1.52. The van der Waals surface area contributed by atoms with Crippen LogP contribution in [-0.4, -0.2) is 19.6 Å². The summed E-state index contributed by atoms with van der Waals surface area (Å²) < 4.78 is 10.6. The highest BCUT2D eigenvalue weighted by atomic mass is 32.2. The van der Waals surface area contributed by atoms with E-state index in [0.29, 0.717) is 5.57 Å². The van der Waals surface area contributed by atoms with Crippen LogP contribution < -0.4 is 15.2 Å². The Morgan fingerprint density at radius 2 is 1.83 bits per heavy atom. The minimum Gasteiger partial charge on any atom is -0.497 e. The monoisotopic (exact) mass is 324 g/mol. The van der Waals surface area contributed by atoms with Crippen molar-refractivity contribution in [1.29, 1.82) is 5.26 Å². The third-order valence-electron chi connectivity index (χ3n) is 3.74. The number of methoxy groups -OCH3 is 2. The van der Waals surface area contributed by atoms with Gasteiger partial charge >= 0.3 is 0 Å². The van der Waals surface area contributed by atoms with Gasteiger partial charge in [0, 0.05) is 10.5 Å². The van der Waals surface area contributed by atoms with E-state index in [1.54, 1.807) is 14.2 Å². The van der Waals surface area contributed by atoms with E-state index in [-0.39, 0.29) is 0 Å². The first-order chi connectivity index (χ1) is 11.2. The molecule has 0 saturated heterocycles. The van der Waals surface area contributed by atoms with Crippen LogP contribution in [0.1, 0.15) is 11.1 Å². The van der Waals surface area contributed by atoms with Crippen molar-refractivity contribution in [2.75, 3.05) is 14.2 Å². The summed E-state index contributed by atoms with van der Waals surface area (Å²) >= 11 is 1.47. The van der Waals surface area contributed by atoms with Crippen LogP contribution in [-0.2, 0) is 0 Å². The maximum atomic E-state index is 9.59. The molecule has 0 fully saturated rings. The predicted octanol–water partition coefficient (Wildman–Crippen LogP) is 3.42. The molecule has 116 valence electrons. The summed E-state index contributed by atoms with van der Waals surface area (Å²) in [5, 5.41) is 9.19. The molecule has 1 aliphatic heterocycles. The second-order valence-corrected chi connectivity index (χ2v) is 6.22. The van der Waals surface area contributed by atoms with Gasteiger partial charge in [0.1, 0.15) is 11.5 Å². The molecule has 23 heavy (non-hydrogen) atoms. The predicted molar refractivity (Wildman–Crippen MR) is 91.5 cm³/mol. The molecule has 2 aromatic rings. The minimum absolute atomic E-state index is 0.402.